The summed E-state index contributed by atoms with van der Waals surface area (Å²) in [5.41, 5.74) is 4.45. The average Bonchev–Trinajstić information content (AvgIpc) is 3.08. The summed E-state index contributed by atoms with van der Waals surface area (Å²) in [5.74, 6) is 2.41. The lowest BCUT2D eigenvalue weighted by molar-refractivity contribution is 1.00. The average molecular weight is 326 g/mol. The minimum atomic E-state index is 0.789. The Morgan fingerprint density at radius 2 is 1.36 bits per heavy atom. The molecule has 0 fully saturated rings. The first-order chi connectivity index (χ1) is 12.3. The standard InChI is InChI=1S/C21H18N4/c1-15-9-8-10-16(2)19(15)21-24-23-20(17-11-4-3-5-12-17)25(21)18-13-6-7-14-22-18/h3-14H,1-2H3. The summed E-state index contributed by atoms with van der Waals surface area (Å²) in [6, 6.07) is 22.2. The number of hydrogen-bond acceptors (Lipinski definition) is 3. The van der Waals surface area contributed by atoms with Gasteiger partial charge in [0.15, 0.2) is 11.6 Å². The van der Waals surface area contributed by atoms with E-state index in [4.69, 9.17) is 0 Å². The lowest BCUT2D eigenvalue weighted by Crippen LogP contribution is -2.04. The highest BCUT2D eigenvalue weighted by atomic mass is 15.3. The van der Waals surface area contributed by atoms with Gasteiger partial charge in [-0.2, -0.15) is 0 Å². The minimum absolute atomic E-state index is 0.789. The van der Waals surface area contributed by atoms with Crippen LogP contribution in [-0.2, 0) is 0 Å². The Hall–Kier alpha value is -3.27. The zero-order valence-electron chi connectivity index (χ0n) is 14.2. The molecule has 122 valence electrons. The fourth-order valence-corrected chi connectivity index (χ4v) is 3.09. The maximum Gasteiger partial charge on any atom is 0.170 e. The predicted octanol–water partition coefficient (Wildman–Crippen LogP) is 4.61. The predicted molar refractivity (Wildman–Crippen MR) is 99.5 cm³/mol. The van der Waals surface area contributed by atoms with E-state index in [0.29, 0.717) is 0 Å². The van der Waals surface area contributed by atoms with Crippen LogP contribution < -0.4 is 0 Å². The van der Waals surface area contributed by atoms with E-state index in [1.54, 1.807) is 6.20 Å². The topological polar surface area (TPSA) is 43.6 Å². The molecule has 4 rings (SSSR count). The molecule has 0 saturated carbocycles. The summed E-state index contributed by atoms with van der Waals surface area (Å²) < 4.78 is 2.03. The van der Waals surface area contributed by atoms with Gasteiger partial charge in [-0.05, 0) is 37.1 Å². The maximum absolute atomic E-state index is 4.54. The fraction of sp³-hybridized carbons (Fsp3) is 0.0952. The summed E-state index contributed by atoms with van der Waals surface area (Å²) >= 11 is 0. The van der Waals surface area contributed by atoms with Crippen molar-refractivity contribution in [3.63, 3.8) is 0 Å². The second kappa shape index (κ2) is 6.32. The Labute approximate surface area is 146 Å². The molecule has 0 aliphatic heterocycles. The lowest BCUT2D eigenvalue weighted by Gasteiger charge is -2.13. The third-order valence-corrected chi connectivity index (χ3v) is 4.28. The van der Waals surface area contributed by atoms with Crippen LogP contribution in [0.4, 0.5) is 0 Å². The Kier molecular flexibility index (Phi) is 3.86. The van der Waals surface area contributed by atoms with Crippen molar-refractivity contribution in [3.8, 4) is 28.6 Å². The molecule has 2 heterocycles. The van der Waals surface area contributed by atoms with E-state index in [-0.39, 0.29) is 0 Å². The summed E-state index contributed by atoms with van der Waals surface area (Å²) in [5, 5.41) is 9.03. The Morgan fingerprint density at radius 1 is 0.680 bits per heavy atom. The number of rotatable bonds is 3. The van der Waals surface area contributed by atoms with Gasteiger partial charge in [-0.3, -0.25) is 4.57 Å². The highest BCUT2D eigenvalue weighted by Gasteiger charge is 2.20. The van der Waals surface area contributed by atoms with Gasteiger partial charge in [0.2, 0.25) is 0 Å². The van der Waals surface area contributed by atoms with Crippen molar-refractivity contribution in [1.82, 2.24) is 19.7 Å². The highest BCUT2D eigenvalue weighted by molar-refractivity contribution is 5.70. The molecule has 0 spiro atoms. The molecule has 4 heteroatoms. The summed E-state index contributed by atoms with van der Waals surface area (Å²) in [6.45, 7) is 4.20. The second-order valence-corrected chi connectivity index (χ2v) is 6.00. The van der Waals surface area contributed by atoms with Gasteiger partial charge in [-0.15, -0.1) is 10.2 Å². The minimum Gasteiger partial charge on any atom is -0.258 e. The molecule has 0 radical (unpaired) electrons. The van der Waals surface area contributed by atoms with Crippen LogP contribution in [-0.4, -0.2) is 19.7 Å². The molecule has 0 N–H and O–H groups in total. The molecule has 0 bridgehead atoms. The zero-order valence-corrected chi connectivity index (χ0v) is 14.2. The quantitative estimate of drug-likeness (QED) is 0.552. The number of hydrogen-bond donors (Lipinski definition) is 0. The van der Waals surface area contributed by atoms with Crippen molar-refractivity contribution in [3.05, 3.63) is 84.1 Å². The molecule has 4 nitrogen and oxygen atoms in total. The molecule has 0 saturated heterocycles. The van der Waals surface area contributed by atoms with E-state index in [2.05, 4.69) is 47.2 Å². The maximum atomic E-state index is 4.54. The number of aromatic nitrogens is 4. The summed E-state index contributed by atoms with van der Waals surface area (Å²) in [4.78, 5) is 4.54. The van der Waals surface area contributed by atoms with Crippen LogP contribution in [0.5, 0.6) is 0 Å². The van der Waals surface area contributed by atoms with Crippen LogP contribution in [0.1, 0.15) is 11.1 Å². The van der Waals surface area contributed by atoms with Gasteiger partial charge in [0, 0.05) is 17.3 Å². The van der Waals surface area contributed by atoms with Gasteiger partial charge in [-0.25, -0.2) is 4.98 Å². The van der Waals surface area contributed by atoms with Crippen LogP contribution in [0.2, 0.25) is 0 Å². The Balaban J connectivity index is 2.03. The molecule has 25 heavy (non-hydrogen) atoms. The van der Waals surface area contributed by atoms with Gasteiger partial charge in [0.25, 0.3) is 0 Å². The summed E-state index contributed by atoms with van der Waals surface area (Å²) in [6.07, 6.45) is 1.79. The molecule has 0 amide bonds. The molecule has 0 unspecified atom stereocenters. The van der Waals surface area contributed by atoms with Gasteiger partial charge in [-0.1, -0.05) is 54.6 Å². The van der Waals surface area contributed by atoms with Crippen LogP contribution in [0.25, 0.3) is 28.6 Å². The van der Waals surface area contributed by atoms with Gasteiger partial charge in [0.1, 0.15) is 5.82 Å². The van der Waals surface area contributed by atoms with Crippen LogP contribution in [0.3, 0.4) is 0 Å². The molecular weight excluding hydrogens is 308 g/mol. The molecule has 2 aromatic heterocycles. The van der Waals surface area contributed by atoms with E-state index in [9.17, 15) is 0 Å². The highest BCUT2D eigenvalue weighted by Crippen LogP contribution is 2.31. The first-order valence-electron chi connectivity index (χ1n) is 8.24. The van der Waals surface area contributed by atoms with Crippen molar-refractivity contribution in [2.75, 3.05) is 0 Å². The molecular formula is C21H18N4. The number of aryl methyl sites for hydroxylation is 2. The van der Waals surface area contributed by atoms with Crippen LogP contribution in [0.15, 0.2) is 72.9 Å². The number of pyridine rings is 1. The Bertz CT molecular complexity index is 985. The van der Waals surface area contributed by atoms with Gasteiger partial charge >= 0.3 is 0 Å². The van der Waals surface area contributed by atoms with Crippen molar-refractivity contribution in [2.24, 2.45) is 0 Å². The van der Waals surface area contributed by atoms with E-state index < -0.39 is 0 Å². The normalized spacial score (nSPS) is 10.8. The molecule has 0 aliphatic carbocycles. The zero-order chi connectivity index (χ0) is 17.2. The molecule has 0 aliphatic rings. The largest absolute Gasteiger partial charge is 0.258 e. The first-order valence-corrected chi connectivity index (χ1v) is 8.24. The summed E-state index contributed by atoms with van der Waals surface area (Å²) in [7, 11) is 0. The van der Waals surface area contributed by atoms with Crippen molar-refractivity contribution >= 4 is 0 Å². The molecule has 0 atom stereocenters. The van der Waals surface area contributed by atoms with Crippen molar-refractivity contribution < 1.29 is 0 Å². The third kappa shape index (κ3) is 2.72. The SMILES string of the molecule is Cc1cccc(C)c1-c1nnc(-c2ccccc2)n1-c1ccccn1. The number of benzene rings is 2. The van der Waals surface area contributed by atoms with Gasteiger partial charge in [0.05, 0.1) is 0 Å². The third-order valence-electron chi connectivity index (χ3n) is 4.28. The fourth-order valence-electron chi connectivity index (χ4n) is 3.09. The van der Waals surface area contributed by atoms with E-state index in [0.717, 1.165) is 28.6 Å². The van der Waals surface area contributed by atoms with Crippen molar-refractivity contribution in [2.45, 2.75) is 13.8 Å². The van der Waals surface area contributed by atoms with E-state index in [1.165, 1.54) is 11.1 Å². The van der Waals surface area contributed by atoms with Crippen LogP contribution in [0, 0.1) is 13.8 Å². The molecule has 2 aromatic carbocycles. The van der Waals surface area contributed by atoms with E-state index in [1.807, 2.05) is 53.1 Å². The monoisotopic (exact) mass is 326 g/mol. The Morgan fingerprint density at radius 3 is 2.04 bits per heavy atom. The smallest absolute Gasteiger partial charge is 0.170 e. The second-order valence-electron chi connectivity index (χ2n) is 6.00. The molecule has 4 aromatic rings. The van der Waals surface area contributed by atoms with E-state index >= 15 is 0 Å². The first kappa shape index (κ1) is 15.3. The van der Waals surface area contributed by atoms with Gasteiger partial charge < -0.3 is 0 Å². The van der Waals surface area contributed by atoms with Crippen LogP contribution >= 0.6 is 0 Å². The number of nitrogens with zero attached hydrogens (tertiary/aromatic N) is 4. The lowest BCUT2D eigenvalue weighted by atomic mass is 10.0. The van der Waals surface area contributed by atoms with Crippen molar-refractivity contribution in [1.29, 1.82) is 0 Å².